The summed E-state index contributed by atoms with van der Waals surface area (Å²) in [5.74, 6) is -0.240. The number of rotatable bonds is 5. The van der Waals surface area contributed by atoms with E-state index in [0.717, 1.165) is 13.0 Å². The molecule has 1 heterocycles. The van der Waals surface area contributed by atoms with Crippen LogP contribution in [0.5, 0.6) is 0 Å². The van der Waals surface area contributed by atoms with E-state index in [2.05, 4.69) is 11.8 Å². The molecular weight excluding hydrogens is 192 g/mol. The second-order valence-electron chi connectivity index (χ2n) is 3.84. The van der Waals surface area contributed by atoms with Gasteiger partial charge in [-0.1, -0.05) is 19.8 Å². The number of ether oxygens (including phenoxy) is 1. The number of esters is 1. The first-order chi connectivity index (χ1) is 7.15. The Morgan fingerprint density at radius 2 is 2.13 bits per heavy atom. The van der Waals surface area contributed by atoms with Gasteiger partial charge in [-0.3, -0.25) is 4.79 Å². The first-order valence-electron chi connectivity index (χ1n) is 5.48. The van der Waals surface area contributed by atoms with Crippen LogP contribution in [0.1, 0.15) is 33.1 Å². The van der Waals surface area contributed by atoms with Crippen LogP contribution in [0, 0.1) is 0 Å². The summed E-state index contributed by atoms with van der Waals surface area (Å²) in [7, 11) is 1.91. The quantitative estimate of drug-likeness (QED) is 0.513. The van der Waals surface area contributed by atoms with E-state index in [1.54, 1.807) is 0 Å². The molecule has 0 spiro atoms. The topological polar surface area (TPSA) is 32.8 Å². The maximum absolute atomic E-state index is 10.9. The van der Waals surface area contributed by atoms with E-state index in [1.807, 2.05) is 24.3 Å². The standard InChI is InChI=1S/C11H20N2O2/c1-4-5-6-7-13-9-8-12(3)11(13)15-10(2)14/h8-9,11H,4-7H2,1-3H3. The van der Waals surface area contributed by atoms with Crippen molar-refractivity contribution in [3.05, 3.63) is 12.4 Å². The zero-order valence-corrected chi connectivity index (χ0v) is 9.77. The smallest absolute Gasteiger partial charge is 0.305 e. The molecule has 4 heteroatoms. The van der Waals surface area contributed by atoms with Crippen molar-refractivity contribution in [3.8, 4) is 0 Å². The second kappa shape index (κ2) is 5.63. The molecule has 1 unspecified atom stereocenters. The highest BCUT2D eigenvalue weighted by atomic mass is 16.6. The number of carbonyl (C=O) groups is 1. The number of nitrogens with zero attached hydrogens (tertiary/aromatic N) is 2. The highest BCUT2D eigenvalue weighted by molar-refractivity contribution is 5.66. The Balaban J connectivity index is 2.40. The minimum Gasteiger partial charge on any atom is -0.423 e. The van der Waals surface area contributed by atoms with Crippen LogP contribution in [-0.2, 0) is 9.53 Å². The van der Waals surface area contributed by atoms with E-state index in [9.17, 15) is 4.79 Å². The second-order valence-corrected chi connectivity index (χ2v) is 3.84. The van der Waals surface area contributed by atoms with Crippen LogP contribution < -0.4 is 0 Å². The monoisotopic (exact) mass is 212 g/mol. The van der Waals surface area contributed by atoms with Crippen LogP contribution in [-0.4, -0.2) is 35.7 Å². The average Bonchev–Trinajstić information content (AvgIpc) is 2.49. The summed E-state index contributed by atoms with van der Waals surface area (Å²) in [6.45, 7) is 4.55. The SMILES string of the molecule is CCCCCN1C=CN(C)C1OC(C)=O. The summed E-state index contributed by atoms with van der Waals surface area (Å²) in [5.41, 5.74) is 0. The maximum atomic E-state index is 10.9. The third kappa shape index (κ3) is 3.46. The summed E-state index contributed by atoms with van der Waals surface area (Å²) < 4.78 is 5.22. The molecular formula is C11H20N2O2. The van der Waals surface area contributed by atoms with Gasteiger partial charge < -0.3 is 14.5 Å². The molecule has 0 bridgehead atoms. The van der Waals surface area contributed by atoms with E-state index < -0.39 is 0 Å². The van der Waals surface area contributed by atoms with Crippen molar-refractivity contribution in [1.82, 2.24) is 9.80 Å². The van der Waals surface area contributed by atoms with Gasteiger partial charge in [0.05, 0.1) is 0 Å². The number of unbranched alkanes of at least 4 members (excludes halogenated alkanes) is 2. The third-order valence-corrected chi connectivity index (χ3v) is 2.42. The molecule has 86 valence electrons. The van der Waals surface area contributed by atoms with Gasteiger partial charge in [-0.15, -0.1) is 0 Å². The minimum absolute atomic E-state index is 0.240. The third-order valence-electron chi connectivity index (χ3n) is 2.42. The molecule has 0 aromatic heterocycles. The van der Waals surface area contributed by atoms with Crippen LogP contribution in [0.15, 0.2) is 12.4 Å². The molecule has 0 saturated carbocycles. The zero-order chi connectivity index (χ0) is 11.3. The van der Waals surface area contributed by atoms with Crippen molar-refractivity contribution in [3.63, 3.8) is 0 Å². The normalized spacial score (nSPS) is 19.8. The summed E-state index contributed by atoms with van der Waals surface area (Å²) in [4.78, 5) is 14.9. The Bertz CT molecular complexity index is 241. The van der Waals surface area contributed by atoms with E-state index in [0.29, 0.717) is 0 Å². The van der Waals surface area contributed by atoms with Crippen molar-refractivity contribution in [1.29, 1.82) is 0 Å². The lowest BCUT2D eigenvalue weighted by Crippen LogP contribution is -2.40. The predicted octanol–water partition coefficient (Wildman–Crippen LogP) is 1.74. The Labute approximate surface area is 91.5 Å². The van der Waals surface area contributed by atoms with Gasteiger partial charge in [0, 0.05) is 32.9 Å². The van der Waals surface area contributed by atoms with Crippen molar-refractivity contribution in [2.45, 2.75) is 39.5 Å². The van der Waals surface area contributed by atoms with Crippen molar-refractivity contribution >= 4 is 5.97 Å². The van der Waals surface area contributed by atoms with Crippen molar-refractivity contribution < 1.29 is 9.53 Å². The molecule has 1 aliphatic rings. The Morgan fingerprint density at radius 3 is 2.73 bits per heavy atom. The molecule has 0 amide bonds. The van der Waals surface area contributed by atoms with Gasteiger partial charge >= 0.3 is 5.97 Å². The molecule has 1 atom stereocenters. The van der Waals surface area contributed by atoms with Crippen molar-refractivity contribution in [2.75, 3.05) is 13.6 Å². The summed E-state index contributed by atoms with van der Waals surface area (Å²) in [6, 6.07) is 0. The molecule has 1 rings (SSSR count). The first kappa shape index (κ1) is 11.9. The van der Waals surface area contributed by atoms with Crippen LogP contribution in [0.2, 0.25) is 0 Å². The molecule has 0 radical (unpaired) electrons. The molecule has 15 heavy (non-hydrogen) atoms. The fourth-order valence-corrected chi connectivity index (χ4v) is 1.60. The van der Waals surface area contributed by atoms with Gasteiger partial charge in [-0.2, -0.15) is 0 Å². The number of hydrogen-bond donors (Lipinski definition) is 0. The van der Waals surface area contributed by atoms with E-state index >= 15 is 0 Å². The number of carbonyl (C=O) groups excluding carboxylic acids is 1. The molecule has 0 aliphatic carbocycles. The highest BCUT2D eigenvalue weighted by Crippen LogP contribution is 2.16. The Hall–Kier alpha value is -1.19. The largest absolute Gasteiger partial charge is 0.423 e. The van der Waals surface area contributed by atoms with Gasteiger partial charge in [0.15, 0.2) is 0 Å². The lowest BCUT2D eigenvalue weighted by molar-refractivity contribution is -0.164. The lowest BCUT2D eigenvalue weighted by atomic mass is 10.2. The van der Waals surface area contributed by atoms with Gasteiger partial charge in [0.25, 0.3) is 6.35 Å². The van der Waals surface area contributed by atoms with Crippen LogP contribution in [0.4, 0.5) is 0 Å². The van der Waals surface area contributed by atoms with Crippen molar-refractivity contribution in [2.24, 2.45) is 0 Å². The van der Waals surface area contributed by atoms with Crippen LogP contribution in [0.3, 0.4) is 0 Å². The lowest BCUT2D eigenvalue weighted by Gasteiger charge is -2.29. The zero-order valence-electron chi connectivity index (χ0n) is 9.77. The van der Waals surface area contributed by atoms with Gasteiger partial charge in [-0.25, -0.2) is 0 Å². The fraction of sp³-hybridized carbons (Fsp3) is 0.727. The number of hydrogen-bond acceptors (Lipinski definition) is 4. The maximum Gasteiger partial charge on any atom is 0.305 e. The van der Waals surface area contributed by atoms with Crippen LogP contribution >= 0.6 is 0 Å². The summed E-state index contributed by atoms with van der Waals surface area (Å²) in [5, 5.41) is 0. The van der Waals surface area contributed by atoms with Gasteiger partial charge in [0.1, 0.15) is 0 Å². The summed E-state index contributed by atoms with van der Waals surface area (Å²) in [6.07, 6.45) is 7.20. The molecule has 0 aromatic rings. The molecule has 0 aromatic carbocycles. The van der Waals surface area contributed by atoms with Gasteiger partial charge in [0.2, 0.25) is 0 Å². The molecule has 0 N–H and O–H groups in total. The van der Waals surface area contributed by atoms with E-state index in [-0.39, 0.29) is 12.3 Å². The molecule has 1 aliphatic heterocycles. The first-order valence-corrected chi connectivity index (χ1v) is 5.48. The van der Waals surface area contributed by atoms with E-state index in [4.69, 9.17) is 4.74 Å². The highest BCUT2D eigenvalue weighted by Gasteiger charge is 2.25. The predicted molar refractivity (Wildman–Crippen MR) is 58.7 cm³/mol. The average molecular weight is 212 g/mol. The Morgan fingerprint density at radius 1 is 1.40 bits per heavy atom. The van der Waals surface area contributed by atoms with Gasteiger partial charge in [-0.05, 0) is 6.42 Å². The van der Waals surface area contributed by atoms with E-state index in [1.165, 1.54) is 19.8 Å². The van der Waals surface area contributed by atoms with Crippen LogP contribution in [0.25, 0.3) is 0 Å². The molecule has 0 saturated heterocycles. The molecule has 4 nitrogen and oxygen atoms in total. The molecule has 0 fully saturated rings. The minimum atomic E-state index is -0.251. The summed E-state index contributed by atoms with van der Waals surface area (Å²) >= 11 is 0. The Kier molecular flexibility index (Phi) is 4.46. The fourth-order valence-electron chi connectivity index (χ4n) is 1.60.